The summed E-state index contributed by atoms with van der Waals surface area (Å²) in [4.78, 5) is 38.4. The first-order valence-electron chi connectivity index (χ1n) is 13.2. The molecule has 2 aromatic heterocycles. The lowest BCUT2D eigenvalue weighted by Gasteiger charge is -2.30. The van der Waals surface area contributed by atoms with Crippen LogP contribution in [0.3, 0.4) is 0 Å². The first-order chi connectivity index (χ1) is 19.5. The Bertz CT molecular complexity index is 1670. The second kappa shape index (κ2) is 11.4. The van der Waals surface area contributed by atoms with Gasteiger partial charge in [0.1, 0.15) is 0 Å². The van der Waals surface area contributed by atoms with E-state index in [-0.39, 0.29) is 0 Å². The SMILES string of the molecule is CC(OC(=O)c1c2c(nc3ccccc13)CCN(Cc1ccccc1)C2)C(=O)Nc1nc(-c2ccccc2)cs1. The fourth-order valence-corrected chi connectivity index (χ4v) is 5.73. The molecule has 1 amide bonds. The Labute approximate surface area is 236 Å². The van der Waals surface area contributed by atoms with Crippen molar-refractivity contribution in [2.75, 3.05) is 11.9 Å². The van der Waals surface area contributed by atoms with E-state index in [0.29, 0.717) is 17.2 Å². The van der Waals surface area contributed by atoms with E-state index >= 15 is 0 Å². The van der Waals surface area contributed by atoms with Crippen LogP contribution in [0.2, 0.25) is 0 Å². The maximum Gasteiger partial charge on any atom is 0.339 e. The van der Waals surface area contributed by atoms with Crippen molar-refractivity contribution in [2.24, 2.45) is 0 Å². The lowest BCUT2D eigenvalue weighted by atomic mass is 9.95. The molecule has 1 N–H and O–H groups in total. The lowest BCUT2D eigenvalue weighted by molar-refractivity contribution is -0.123. The highest BCUT2D eigenvalue weighted by Crippen LogP contribution is 2.30. The average molecular weight is 549 g/mol. The van der Waals surface area contributed by atoms with E-state index in [4.69, 9.17) is 9.72 Å². The molecule has 6 rings (SSSR count). The average Bonchev–Trinajstić information content (AvgIpc) is 3.45. The van der Waals surface area contributed by atoms with Crippen molar-refractivity contribution in [1.29, 1.82) is 0 Å². The van der Waals surface area contributed by atoms with Crippen molar-refractivity contribution in [2.45, 2.75) is 32.5 Å². The molecule has 0 saturated heterocycles. The molecule has 3 heterocycles. The van der Waals surface area contributed by atoms with Gasteiger partial charge in [0.25, 0.3) is 5.91 Å². The van der Waals surface area contributed by atoms with Gasteiger partial charge in [0.2, 0.25) is 0 Å². The van der Waals surface area contributed by atoms with Crippen molar-refractivity contribution in [1.82, 2.24) is 14.9 Å². The maximum atomic E-state index is 13.7. The molecule has 0 saturated carbocycles. The zero-order valence-corrected chi connectivity index (χ0v) is 22.9. The number of thiazole rings is 1. The number of rotatable bonds is 7. The first kappa shape index (κ1) is 25.9. The molecule has 0 fully saturated rings. The molecule has 40 heavy (non-hydrogen) atoms. The Balaban J connectivity index is 1.21. The molecule has 5 aromatic rings. The molecule has 7 nitrogen and oxygen atoms in total. The highest BCUT2D eigenvalue weighted by molar-refractivity contribution is 7.14. The number of esters is 1. The van der Waals surface area contributed by atoms with Gasteiger partial charge in [-0.15, -0.1) is 11.3 Å². The Morgan fingerprint density at radius 3 is 2.50 bits per heavy atom. The van der Waals surface area contributed by atoms with Gasteiger partial charge in [-0.2, -0.15) is 0 Å². The third kappa shape index (κ3) is 5.50. The first-order valence-corrected chi connectivity index (χ1v) is 14.1. The third-order valence-corrected chi connectivity index (χ3v) is 7.79. The molecule has 200 valence electrons. The van der Waals surface area contributed by atoms with Gasteiger partial charge < -0.3 is 4.74 Å². The van der Waals surface area contributed by atoms with Crippen LogP contribution in [0.15, 0.2) is 90.3 Å². The van der Waals surface area contributed by atoms with Crippen LogP contribution in [0, 0.1) is 0 Å². The molecule has 0 aliphatic carbocycles. The van der Waals surface area contributed by atoms with E-state index in [1.165, 1.54) is 16.9 Å². The van der Waals surface area contributed by atoms with Crippen LogP contribution in [0.5, 0.6) is 0 Å². The Morgan fingerprint density at radius 1 is 0.975 bits per heavy atom. The summed E-state index contributed by atoms with van der Waals surface area (Å²) in [6.45, 7) is 3.78. The second-order valence-electron chi connectivity index (χ2n) is 9.82. The van der Waals surface area contributed by atoms with E-state index in [1.807, 2.05) is 78.2 Å². The number of fused-ring (bicyclic) bond motifs is 2. The Kier molecular flexibility index (Phi) is 7.35. The van der Waals surface area contributed by atoms with E-state index in [2.05, 4.69) is 27.3 Å². The predicted octanol–water partition coefficient (Wildman–Crippen LogP) is 6.10. The number of hydrogen-bond acceptors (Lipinski definition) is 7. The van der Waals surface area contributed by atoms with Crippen molar-refractivity contribution >= 4 is 39.2 Å². The number of carbonyl (C=O) groups excluding carboxylic acids is 2. The van der Waals surface area contributed by atoms with E-state index < -0.39 is 18.0 Å². The summed E-state index contributed by atoms with van der Waals surface area (Å²) in [6.07, 6.45) is -0.278. The summed E-state index contributed by atoms with van der Waals surface area (Å²) in [5, 5.41) is 5.86. The monoisotopic (exact) mass is 548 g/mol. The van der Waals surface area contributed by atoms with Crippen LogP contribution in [0.4, 0.5) is 5.13 Å². The normalized spacial score (nSPS) is 13.9. The van der Waals surface area contributed by atoms with Gasteiger partial charge in [-0.05, 0) is 18.6 Å². The number of amides is 1. The van der Waals surface area contributed by atoms with Crippen molar-refractivity contribution in [3.63, 3.8) is 0 Å². The maximum absolute atomic E-state index is 13.7. The molecule has 0 bridgehead atoms. The number of para-hydroxylation sites is 1. The summed E-state index contributed by atoms with van der Waals surface area (Å²) in [6, 6.07) is 27.6. The van der Waals surface area contributed by atoms with Gasteiger partial charge >= 0.3 is 5.97 Å². The highest BCUT2D eigenvalue weighted by Gasteiger charge is 2.29. The van der Waals surface area contributed by atoms with E-state index in [9.17, 15) is 9.59 Å². The zero-order valence-electron chi connectivity index (χ0n) is 22.0. The standard InChI is InChI=1S/C32H28N4O3S/c1-21(30(37)35-32-34-28(20-40-32)23-12-6-3-7-13-23)39-31(38)29-24-14-8-9-15-26(24)33-27-16-17-36(19-25(27)29)18-22-10-4-2-5-11-22/h2-15,20-21H,16-19H2,1H3,(H,34,35,37). The van der Waals surface area contributed by atoms with Crippen LogP contribution >= 0.6 is 11.3 Å². The number of ether oxygens (including phenoxy) is 1. The predicted molar refractivity (Wildman–Crippen MR) is 157 cm³/mol. The van der Waals surface area contributed by atoms with Crippen LogP contribution < -0.4 is 5.32 Å². The number of anilines is 1. The van der Waals surface area contributed by atoms with Crippen LogP contribution in [0.1, 0.15) is 34.1 Å². The summed E-state index contributed by atoms with van der Waals surface area (Å²) in [5.74, 6) is -0.955. The summed E-state index contributed by atoms with van der Waals surface area (Å²) in [5.41, 5.74) is 5.97. The van der Waals surface area contributed by atoms with E-state index in [0.717, 1.165) is 52.9 Å². The number of nitrogens with one attached hydrogen (secondary N) is 1. The lowest BCUT2D eigenvalue weighted by Crippen LogP contribution is -2.34. The smallest absolute Gasteiger partial charge is 0.339 e. The Morgan fingerprint density at radius 2 is 1.70 bits per heavy atom. The molecule has 1 unspecified atom stereocenters. The van der Waals surface area contributed by atoms with E-state index in [1.54, 1.807) is 6.92 Å². The number of carbonyl (C=O) groups is 2. The minimum absolute atomic E-state index is 0.430. The minimum atomic E-state index is -1.01. The molecule has 0 radical (unpaired) electrons. The quantitative estimate of drug-likeness (QED) is 0.248. The van der Waals surface area contributed by atoms with Gasteiger partial charge in [-0.3, -0.25) is 20.0 Å². The van der Waals surface area contributed by atoms with Crippen molar-refractivity contribution in [3.05, 3.63) is 113 Å². The molecule has 0 spiro atoms. The fraction of sp³-hybridized carbons (Fsp3) is 0.188. The number of pyridine rings is 1. The zero-order chi connectivity index (χ0) is 27.5. The van der Waals surface area contributed by atoms with Gasteiger partial charge in [0.15, 0.2) is 11.2 Å². The summed E-state index contributed by atoms with van der Waals surface area (Å²) >= 11 is 1.33. The van der Waals surface area contributed by atoms with Gasteiger partial charge in [-0.1, -0.05) is 78.9 Å². The van der Waals surface area contributed by atoms with Crippen LogP contribution in [-0.4, -0.2) is 39.4 Å². The van der Waals surface area contributed by atoms with Gasteiger partial charge in [0, 0.05) is 53.6 Å². The van der Waals surface area contributed by atoms with Crippen molar-refractivity contribution in [3.8, 4) is 11.3 Å². The third-order valence-electron chi connectivity index (χ3n) is 7.04. The Hall–Kier alpha value is -4.40. The molecular weight excluding hydrogens is 520 g/mol. The number of benzene rings is 3. The molecule has 3 aromatic carbocycles. The number of aromatic nitrogens is 2. The van der Waals surface area contributed by atoms with Crippen molar-refractivity contribution < 1.29 is 14.3 Å². The molecule has 1 atom stereocenters. The highest BCUT2D eigenvalue weighted by atomic mass is 32.1. The largest absolute Gasteiger partial charge is 0.449 e. The second-order valence-corrected chi connectivity index (χ2v) is 10.7. The molecule has 1 aliphatic heterocycles. The van der Waals surface area contributed by atoms with Gasteiger partial charge in [0.05, 0.1) is 16.8 Å². The minimum Gasteiger partial charge on any atom is -0.449 e. The summed E-state index contributed by atoms with van der Waals surface area (Å²) in [7, 11) is 0. The summed E-state index contributed by atoms with van der Waals surface area (Å²) < 4.78 is 5.77. The topological polar surface area (TPSA) is 84.4 Å². The number of hydrogen-bond donors (Lipinski definition) is 1. The fourth-order valence-electron chi connectivity index (χ4n) is 5.01. The molecule has 1 aliphatic rings. The molecule has 8 heteroatoms. The number of nitrogens with zero attached hydrogens (tertiary/aromatic N) is 3. The van der Waals surface area contributed by atoms with Crippen LogP contribution in [-0.2, 0) is 29.0 Å². The van der Waals surface area contributed by atoms with Gasteiger partial charge in [-0.25, -0.2) is 9.78 Å². The molecular formula is C32H28N4O3S. The van der Waals surface area contributed by atoms with Crippen LogP contribution in [0.25, 0.3) is 22.2 Å².